The summed E-state index contributed by atoms with van der Waals surface area (Å²) in [5.74, 6) is 0.512. The third kappa shape index (κ3) is 3.71. The van der Waals surface area contributed by atoms with Crippen LogP contribution in [0.3, 0.4) is 0 Å². The third-order valence-electron chi connectivity index (χ3n) is 4.09. The van der Waals surface area contributed by atoms with E-state index in [2.05, 4.69) is 0 Å². The molecule has 6 heteroatoms. The lowest BCUT2D eigenvalue weighted by Crippen LogP contribution is -2.31. The van der Waals surface area contributed by atoms with E-state index < -0.39 is 4.92 Å². The van der Waals surface area contributed by atoms with Crippen molar-refractivity contribution in [3.63, 3.8) is 0 Å². The molecule has 1 atom stereocenters. The van der Waals surface area contributed by atoms with Crippen LogP contribution in [-0.4, -0.2) is 29.9 Å². The number of methoxy groups -OCH3 is 1. The maximum atomic E-state index is 12.6. The van der Waals surface area contributed by atoms with Crippen LogP contribution in [0.2, 0.25) is 0 Å². The van der Waals surface area contributed by atoms with Crippen molar-refractivity contribution in [3.05, 3.63) is 69.8 Å². The van der Waals surface area contributed by atoms with Crippen molar-refractivity contribution >= 4 is 11.6 Å². The van der Waals surface area contributed by atoms with Gasteiger partial charge in [0.05, 0.1) is 24.5 Å². The number of nitro groups is 1. The zero-order valence-corrected chi connectivity index (χ0v) is 13.9. The highest BCUT2D eigenvalue weighted by Crippen LogP contribution is 2.29. The van der Waals surface area contributed by atoms with Crippen LogP contribution in [0.1, 0.15) is 24.1 Å². The molecule has 24 heavy (non-hydrogen) atoms. The standard InChI is InChI=1S/C18H20N2O4/c1-13(15-9-5-7-11-17(15)24-3)19(2)18(21)12-14-8-4-6-10-16(14)20(22)23/h4-11,13H,12H2,1-3H3. The van der Waals surface area contributed by atoms with Crippen molar-refractivity contribution in [1.29, 1.82) is 0 Å². The largest absolute Gasteiger partial charge is 0.496 e. The second-order valence-electron chi connectivity index (χ2n) is 5.49. The van der Waals surface area contributed by atoms with Crippen LogP contribution < -0.4 is 4.74 Å². The summed E-state index contributed by atoms with van der Waals surface area (Å²) in [6.07, 6.45) is -0.0207. The summed E-state index contributed by atoms with van der Waals surface area (Å²) in [7, 11) is 3.27. The summed E-state index contributed by atoms with van der Waals surface area (Å²) in [6, 6.07) is 13.6. The summed E-state index contributed by atoms with van der Waals surface area (Å²) in [4.78, 5) is 24.8. The van der Waals surface area contributed by atoms with Crippen LogP contribution in [0.5, 0.6) is 5.75 Å². The van der Waals surface area contributed by atoms with Gasteiger partial charge in [-0.1, -0.05) is 36.4 Å². The van der Waals surface area contributed by atoms with Gasteiger partial charge in [0.25, 0.3) is 5.69 Å². The first kappa shape index (κ1) is 17.5. The topological polar surface area (TPSA) is 72.7 Å². The highest BCUT2D eigenvalue weighted by atomic mass is 16.6. The van der Waals surface area contributed by atoms with Gasteiger partial charge in [-0.3, -0.25) is 14.9 Å². The number of carbonyl (C=O) groups is 1. The maximum absolute atomic E-state index is 12.6. The first-order chi connectivity index (χ1) is 11.5. The van der Waals surface area contributed by atoms with Gasteiger partial charge in [0.15, 0.2) is 0 Å². The fourth-order valence-electron chi connectivity index (χ4n) is 2.56. The third-order valence-corrected chi connectivity index (χ3v) is 4.09. The Kier molecular flexibility index (Phi) is 5.52. The fourth-order valence-corrected chi connectivity index (χ4v) is 2.56. The van der Waals surface area contributed by atoms with Gasteiger partial charge in [0, 0.05) is 24.2 Å². The van der Waals surface area contributed by atoms with Gasteiger partial charge in [0.2, 0.25) is 5.91 Å². The Labute approximate surface area is 140 Å². The predicted octanol–water partition coefficient (Wildman–Crippen LogP) is 3.37. The molecule has 0 aliphatic rings. The van der Waals surface area contributed by atoms with Crippen LogP contribution in [0.4, 0.5) is 5.69 Å². The lowest BCUT2D eigenvalue weighted by Gasteiger charge is -2.26. The zero-order valence-electron chi connectivity index (χ0n) is 13.9. The average Bonchev–Trinajstić information content (AvgIpc) is 2.60. The molecular formula is C18H20N2O4. The molecule has 1 unspecified atom stereocenters. The highest BCUT2D eigenvalue weighted by molar-refractivity contribution is 5.80. The summed E-state index contributed by atoms with van der Waals surface area (Å²) < 4.78 is 5.34. The molecule has 2 rings (SSSR count). The van der Waals surface area contributed by atoms with Crippen molar-refractivity contribution in [2.45, 2.75) is 19.4 Å². The van der Waals surface area contributed by atoms with Crippen LogP contribution in [0.15, 0.2) is 48.5 Å². The summed E-state index contributed by atoms with van der Waals surface area (Å²) in [5, 5.41) is 11.1. The molecule has 2 aromatic carbocycles. The quantitative estimate of drug-likeness (QED) is 0.602. The Morgan fingerprint density at radius 3 is 2.50 bits per heavy atom. The number of likely N-dealkylation sites (N-methyl/N-ethyl adjacent to an activating group) is 1. The summed E-state index contributed by atoms with van der Waals surface area (Å²) in [6.45, 7) is 1.90. The van der Waals surface area contributed by atoms with E-state index in [9.17, 15) is 14.9 Å². The molecule has 0 aromatic heterocycles. The van der Waals surface area contributed by atoms with E-state index in [-0.39, 0.29) is 24.1 Å². The minimum absolute atomic E-state index is 0.0207. The molecule has 126 valence electrons. The number of nitrogens with zero attached hydrogens (tertiary/aromatic N) is 2. The molecule has 0 saturated heterocycles. The molecule has 6 nitrogen and oxygen atoms in total. The first-order valence-electron chi connectivity index (χ1n) is 7.56. The second kappa shape index (κ2) is 7.59. The van der Waals surface area contributed by atoms with Crippen molar-refractivity contribution in [1.82, 2.24) is 4.90 Å². The molecule has 0 N–H and O–H groups in total. The number of rotatable bonds is 6. The molecule has 0 spiro atoms. The van der Waals surface area contributed by atoms with Gasteiger partial charge in [-0.15, -0.1) is 0 Å². The minimum atomic E-state index is -0.466. The van der Waals surface area contributed by atoms with Gasteiger partial charge in [-0.05, 0) is 13.0 Å². The molecule has 1 amide bonds. The lowest BCUT2D eigenvalue weighted by molar-refractivity contribution is -0.385. The molecule has 0 aliphatic carbocycles. The van der Waals surface area contributed by atoms with Crippen molar-refractivity contribution in [2.75, 3.05) is 14.2 Å². The van der Waals surface area contributed by atoms with Crippen LogP contribution in [0, 0.1) is 10.1 Å². The summed E-state index contributed by atoms with van der Waals surface area (Å²) in [5.41, 5.74) is 1.26. The van der Waals surface area contributed by atoms with Crippen LogP contribution in [-0.2, 0) is 11.2 Å². The monoisotopic (exact) mass is 328 g/mol. The van der Waals surface area contributed by atoms with Crippen molar-refractivity contribution in [3.8, 4) is 5.75 Å². The van der Waals surface area contributed by atoms with E-state index in [1.54, 1.807) is 37.3 Å². The number of para-hydroxylation sites is 2. The van der Waals surface area contributed by atoms with Crippen LogP contribution >= 0.6 is 0 Å². The number of benzene rings is 2. The Morgan fingerprint density at radius 1 is 1.21 bits per heavy atom. The molecule has 0 radical (unpaired) electrons. The SMILES string of the molecule is COc1ccccc1C(C)N(C)C(=O)Cc1ccccc1[N+](=O)[O-]. The van der Waals surface area contributed by atoms with E-state index in [1.807, 2.05) is 31.2 Å². The van der Waals surface area contributed by atoms with Crippen LogP contribution in [0.25, 0.3) is 0 Å². The Bertz CT molecular complexity index is 745. The number of nitro benzene ring substituents is 1. The van der Waals surface area contributed by atoms with E-state index in [0.717, 1.165) is 5.56 Å². The normalized spacial score (nSPS) is 11.6. The molecule has 0 aliphatic heterocycles. The molecule has 0 fully saturated rings. The molecule has 0 heterocycles. The minimum Gasteiger partial charge on any atom is -0.496 e. The predicted molar refractivity (Wildman–Crippen MR) is 91.0 cm³/mol. The van der Waals surface area contributed by atoms with Gasteiger partial charge < -0.3 is 9.64 Å². The van der Waals surface area contributed by atoms with Gasteiger partial charge in [-0.25, -0.2) is 0 Å². The zero-order chi connectivity index (χ0) is 17.7. The fraction of sp³-hybridized carbons (Fsp3) is 0.278. The smallest absolute Gasteiger partial charge is 0.273 e. The first-order valence-corrected chi connectivity index (χ1v) is 7.56. The molecular weight excluding hydrogens is 308 g/mol. The van der Waals surface area contributed by atoms with E-state index >= 15 is 0 Å². The van der Waals surface area contributed by atoms with E-state index in [4.69, 9.17) is 4.74 Å². The number of carbonyl (C=O) groups excluding carboxylic acids is 1. The molecule has 2 aromatic rings. The van der Waals surface area contributed by atoms with Crippen molar-refractivity contribution in [2.24, 2.45) is 0 Å². The highest BCUT2D eigenvalue weighted by Gasteiger charge is 2.23. The number of amides is 1. The number of hydrogen-bond donors (Lipinski definition) is 0. The van der Waals surface area contributed by atoms with Crippen molar-refractivity contribution < 1.29 is 14.5 Å². The Hall–Kier alpha value is -2.89. The lowest BCUT2D eigenvalue weighted by atomic mass is 10.0. The molecule has 0 bridgehead atoms. The summed E-state index contributed by atoms with van der Waals surface area (Å²) >= 11 is 0. The Balaban J connectivity index is 2.19. The Morgan fingerprint density at radius 2 is 1.83 bits per heavy atom. The van der Waals surface area contributed by atoms with Gasteiger partial charge >= 0.3 is 0 Å². The maximum Gasteiger partial charge on any atom is 0.273 e. The number of hydrogen-bond acceptors (Lipinski definition) is 4. The van der Waals surface area contributed by atoms with E-state index in [1.165, 1.54) is 6.07 Å². The van der Waals surface area contributed by atoms with E-state index in [0.29, 0.717) is 11.3 Å². The van der Waals surface area contributed by atoms with Gasteiger partial charge in [-0.2, -0.15) is 0 Å². The average molecular weight is 328 g/mol. The second-order valence-corrected chi connectivity index (χ2v) is 5.49. The molecule has 0 saturated carbocycles. The van der Waals surface area contributed by atoms with Gasteiger partial charge in [0.1, 0.15) is 5.75 Å². The number of ether oxygens (including phenoxy) is 1.